The van der Waals surface area contributed by atoms with Crippen LogP contribution in [0.5, 0.6) is 0 Å². The fourth-order valence-corrected chi connectivity index (χ4v) is 5.12. The highest BCUT2D eigenvalue weighted by Crippen LogP contribution is 2.43. The molecule has 4 rings (SSSR count). The molecule has 110 valence electrons. The molecule has 0 radical (unpaired) electrons. The molecule has 4 fully saturated rings. The Hall–Kier alpha value is -0.120. The van der Waals surface area contributed by atoms with Crippen molar-refractivity contribution in [3.63, 3.8) is 0 Å². The Labute approximate surface area is 118 Å². The predicted octanol–water partition coefficient (Wildman–Crippen LogP) is 1.78. The van der Waals surface area contributed by atoms with Gasteiger partial charge in [0, 0.05) is 31.2 Å². The monoisotopic (exact) mass is 265 g/mol. The molecule has 2 bridgehead atoms. The summed E-state index contributed by atoms with van der Waals surface area (Å²) in [6.45, 7) is 13.2. The van der Waals surface area contributed by atoms with Crippen LogP contribution in [0.15, 0.2) is 0 Å². The van der Waals surface area contributed by atoms with Gasteiger partial charge < -0.3 is 10.6 Å². The maximum absolute atomic E-state index is 6.34. The SMILES string of the molecule is CC1CC(C)C(C)N(C2(CN)CN3CCC2CC3)C1. The molecule has 4 atom stereocenters. The molecule has 2 N–H and O–H groups in total. The summed E-state index contributed by atoms with van der Waals surface area (Å²) >= 11 is 0. The van der Waals surface area contributed by atoms with Crippen molar-refractivity contribution in [2.75, 3.05) is 32.7 Å². The molecule has 0 saturated carbocycles. The van der Waals surface area contributed by atoms with Crippen LogP contribution in [0.25, 0.3) is 0 Å². The lowest BCUT2D eigenvalue weighted by atomic mass is 9.69. The lowest BCUT2D eigenvalue weighted by molar-refractivity contribution is -0.110. The van der Waals surface area contributed by atoms with Gasteiger partial charge in [-0.1, -0.05) is 13.8 Å². The molecule has 4 saturated heterocycles. The van der Waals surface area contributed by atoms with E-state index >= 15 is 0 Å². The van der Waals surface area contributed by atoms with Gasteiger partial charge in [-0.2, -0.15) is 0 Å². The van der Waals surface area contributed by atoms with Crippen molar-refractivity contribution in [1.82, 2.24) is 9.80 Å². The summed E-state index contributed by atoms with van der Waals surface area (Å²) in [4.78, 5) is 5.48. The van der Waals surface area contributed by atoms with Gasteiger partial charge in [0.05, 0.1) is 0 Å². The number of nitrogens with zero attached hydrogens (tertiary/aromatic N) is 2. The number of rotatable bonds is 2. The largest absolute Gasteiger partial charge is 0.329 e. The summed E-state index contributed by atoms with van der Waals surface area (Å²) in [5.41, 5.74) is 6.62. The van der Waals surface area contributed by atoms with Gasteiger partial charge in [-0.15, -0.1) is 0 Å². The lowest BCUT2D eigenvalue weighted by Crippen LogP contribution is -2.73. The molecule has 0 aliphatic carbocycles. The van der Waals surface area contributed by atoms with Crippen molar-refractivity contribution in [3.8, 4) is 0 Å². The Morgan fingerprint density at radius 2 is 1.84 bits per heavy atom. The zero-order valence-electron chi connectivity index (χ0n) is 12.9. The van der Waals surface area contributed by atoms with E-state index in [1.807, 2.05) is 0 Å². The van der Waals surface area contributed by atoms with Crippen LogP contribution in [0, 0.1) is 17.8 Å². The molecule has 4 aliphatic rings. The average Bonchev–Trinajstić information content (AvgIpc) is 2.43. The number of nitrogens with two attached hydrogens (primary N) is 1. The van der Waals surface area contributed by atoms with E-state index in [2.05, 4.69) is 30.6 Å². The molecular formula is C16H31N3. The first-order valence-electron chi connectivity index (χ1n) is 8.26. The summed E-state index contributed by atoms with van der Waals surface area (Å²) in [7, 11) is 0. The van der Waals surface area contributed by atoms with Crippen molar-refractivity contribution in [2.24, 2.45) is 23.5 Å². The molecule has 19 heavy (non-hydrogen) atoms. The zero-order valence-corrected chi connectivity index (χ0v) is 12.9. The van der Waals surface area contributed by atoms with Gasteiger partial charge in [0.2, 0.25) is 0 Å². The molecule has 0 amide bonds. The molecule has 4 aliphatic heterocycles. The standard InChI is InChI=1S/C16H31N3/c1-12-8-13(2)14(3)19(9-12)16(10-17)11-18-6-4-15(16)5-7-18/h12-15H,4-11,17H2,1-3H3. The molecule has 3 nitrogen and oxygen atoms in total. The molecule has 4 heterocycles. The van der Waals surface area contributed by atoms with Crippen LogP contribution >= 0.6 is 0 Å². The summed E-state index contributed by atoms with van der Waals surface area (Å²) in [6.07, 6.45) is 4.11. The minimum Gasteiger partial charge on any atom is -0.329 e. The molecule has 0 spiro atoms. The third-order valence-corrected chi connectivity index (χ3v) is 6.37. The van der Waals surface area contributed by atoms with E-state index in [1.165, 1.54) is 45.4 Å². The van der Waals surface area contributed by atoms with Crippen LogP contribution < -0.4 is 5.73 Å². The minimum atomic E-state index is 0.277. The second-order valence-corrected chi connectivity index (χ2v) is 7.57. The van der Waals surface area contributed by atoms with Gasteiger partial charge >= 0.3 is 0 Å². The Morgan fingerprint density at radius 1 is 1.16 bits per heavy atom. The van der Waals surface area contributed by atoms with Gasteiger partial charge in [-0.3, -0.25) is 4.90 Å². The first kappa shape index (κ1) is 13.8. The van der Waals surface area contributed by atoms with Crippen molar-refractivity contribution in [3.05, 3.63) is 0 Å². The van der Waals surface area contributed by atoms with Crippen molar-refractivity contribution in [2.45, 2.75) is 51.6 Å². The highest BCUT2D eigenvalue weighted by atomic mass is 15.3. The smallest absolute Gasteiger partial charge is 0.0490 e. The summed E-state index contributed by atoms with van der Waals surface area (Å²) in [5.74, 6) is 2.47. The molecular weight excluding hydrogens is 234 g/mol. The van der Waals surface area contributed by atoms with E-state index in [-0.39, 0.29) is 5.54 Å². The van der Waals surface area contributed by atoms with Gasteiger partial charge in [0.15, 0.2) is 0 Å². The number of piperidine rings is 4. The van der Waals surface area contributed by atoms with Crippen LogP contribution in [-0.2, 0) is 0 Å². The molecule has 0 aromatic carbocycles. The maximum Gasteiger partial charge on any atom is 0.0490 e. The topological polar surface area (TPSA) is 32.5 Å². The van der Waals surface area contributed by atoms with Crippen LogP contribution in [0.4, 0.5) is 0 Å². The van der Waals surface area contributed by atoms with E-state index < -0.39 is 0 Å². The van der Waals surface area contributed by atoms with Crippen molar-refractivity contribution >= 4 is 0 Å². The Morgan fingerprint density at radius 3 is 2.37 bits per heavy atom. The summed E-state index contributed by atoms with van der Waals surface area (Å²) < 4.78 is 0. The van der Waals surface area contributed by atoms with Crippen LogP contribution in [0.1, 0.15) is 40.0 Å². The Bertz CT molecular complexity index is 324. The van der Waals surface area contributed by atoms with Crippen LogP contribution in [0.3, 0.4) is 0 Å². The fraction of sp³-hybridized carbons (Fsp3) is 1.00. The zero-order chi connectivity index (χ0) is 13.6. The van der Waals surface area contributed by atoms with Crippen molar-refractivity contribution in [1.29, 1.82) is 0 Å². The fourth-order valence-electron chi connectivity index (χ4n) is 5.12. The average molecular weight is 265 g/mol. The Kier molecular flexibility index (Phi) is 3.65. The van der Waals surface area contributed by atoms with E-state index in [9.17, 15) is 0 Å². The van der Waals surface area contributed by atoms with E-state index in [1.54, 1.807) is 0 Å². The Balaban J connectivity index is 1.88. The number of likely N-dealkylation sites (tertiary alicyclic amines) is 1. The third-order valence-electron chi connectivity index (χ3n) is 6.37. The predicted molar refractivity (Wildman–Crippen MR) is 80.1 cm³/mol. The van der Waals surface area contributed by atoms with E-state index in [4.69, 9.17) is 5.73 Å². The summed E-state index contributed by atoms with van der Waals surface area (Å²) in [6, 6.07) is 0.695. The molecule has 4 unspecified atom stereocenters. The lowest BCUT2D eigenvalue weighted by Gasteiger charge is -2.61. The molecule has 0 aromatic rings. The van der Waals surface area contributed by atoms with Gasteiger partial charge in [-0.25, -0.2) is 0 Å². The van der Waals surface area contributed by atoms with E-state index in [0.29, 0.717) is 6.04 Å². The highest BCUT2D eigenvalue weighted by molar-refractivity contribution is 5.08. The third kappa shape index (κ3) is 2.14. The number of hydrogen-bond donors (Lipinski definition) is 1. The van der Waals surface area contributed by atoms with Crippen LogP contribution in [0.2, 0.25) is 0 Å². The second kappa shape index (κ2) is 5.01. The van der Waals surface area contributed by atoms with Crippen molar-refractivity contribution < 1.29 is 0 Å². The van der Waals surface area contributed by atoms with E-state index in [0.717, 1.165) is 24.3 Å². The van der Waals surface area contributed by atoms with Gasteiger partial charge in [0.1, 0.15) is 0 Å². The highest BCUT2D eigenvalue weighted by Gasteiger charge is 2.52. The first-order valence-corrected chi connectivity index (χ1v) is 8.26. The minimum absolute atomic E-state index is 0.277. The summed E-state index contributed by atoms with van der Waals surface area (Å²) in [5, 5.41) is 0. The van der Waals surface area contributed by atoms with Gasteiger partial charge in [-0.05, 0) is 57.0 Å². The normalized spacial score (nSPS) is 51.5. The van der Waals surface area contributed by atoms with Crippen LogP contribution in [-0.4, -0.2) is 54.1 Å². The second-order valence-electron chi connectivity index (χ2n) is 7.57. The maximum atomic E-state index is 6.34. The number of hydrogen-bond acceptors (Lipinski definition) is 3. The van der Waals surface area contributed by atoms with Gasteiger partial charge in [0.25, 0.3) is 0 Å². The molecule has 3 heteroatoms. The molecule has 0 aromatic heterocycles. The quantitative estimate of drug-likeness (QED) is 0.826. The first-order chi connectivity index (χ1) is 9.06. The number of fused-ring (bicyclic) bond motifs is 3.